The predicted molar refractivity (Wildman–Crippen MR) is 68.2 cm³/mol. The average Bonchev–Trinajstić information content (AvgIpc) is 2.37. The number of hydrogen-bond donors (Lipinski definition) is 2. The van der Waals surface area contributed by atoms with E-state index in [2.05, 4.69) is 10.3 Å². The Balaban J connectivity index is 2.57. The fourth-order valence-electron chi connectivity index (χ4n) is 1.56. The number of nitrogens with zero attached hydrogens (tertiary/aromatic N) is 1. The van der Waals surface area contributed by atoms with Crippen molar-refractivity contribution in [2.45, 2.75) is 39.3 Å². The molecule has 0 aromatic carbocycles. The number of nitrogens with two attached hydrogens (primary N) is 1. The molecule has 0 saturated heterocycles. The van der Waals surface area contributed by atoms with Crippen molar-refractivity contribution in [2.24, 2.45) is 11.7 Å². The van der Waals surface area contributed by atoms with Crippen LogP contribution in [-0.4, -0.2) is 16.9 Å². The molecule has 1 aromatic heterocycles. The highest BCUT2D eigenvalue weighted by Crippen LogP contribution is 2.12. The molecule has 0 aliphatic carbocycles. The van der Waals surface area contributed by atoms with E-state index in [0.29, 0.717) is 0 Å². The van der Waals surface area contributed by atoms with Gasteiger partial charge in [-0.15, -0.1) is 0 Å². The molecule has 94 valence electrons. The lowest BCUT2D eigenvalue weighted by Crippen LogP contribution is -2.45. The maximum Gasteiger partial charge on any atom is 0.237 e. The van der Waals surface area contributed by atoms with Gasteiger partial charge in [0.25, 0.3) is 0 Å². The van der Waals surface area contributed by atoms with Crippen LogP contribution in [0.25, 0.3) is 0 Å². The summed E-state index contributed by atoms with van der Waals surface area (Å²) in [7, 11) is 0. The second kappa shape index (κ2) is 6.35. The van der Waals surface area contributed by atoms with E-state index in [1.165, 1.54) is 0 Å². The van der Waals surface area contributed by atoms with Crippen LogP contribution in [0.3, 0.4) is 0 Å². The summed E-state index contributed by atoms with van der Waals surface area (Å²) in [6, 6.07) is 3.30. The van der Waals surface area contributed by atoms with Crippen molar-refractivity contribution in [3.63, 3.8) is 0 Å². The third-order valence-corrected chi connectivity index (χ3v) is 3.12. The lowest BCUT2D eigenvalue weighted by molar-refractivity contribution is -0.124. The van der Waals surface area contributed by atoms with Gasteiger partial charge in [-0.25, -0.2) is 0 Å². The second-order valence-electron chi connectivity index (χ2n) is 4.42. The first kappa shape index (κ1) is 13.6. The predicted octanol–water partition coefficient (Wildman–Crippen LogP) is 1.63. The van der Waals surface area contributed by atoms with Crippen molar-refractivity contribution in [1.29, 1.82) is 0 Å². The Labute approximate surface area is 103 Å². The van der Waals surface area contributed by atoms with Crippen LogP contribution in [0, 0.1) is 5.92 Å². The van der Waals surface area contributed by atoms with Gasteiger partial charge < -0.3 is 11.1 Å². The van der Waals surface area contributed by atoms with Crippen LogP contribution in [0.15, 0.2) is 24.5 Å². The minimum absolute atomic E-state index is 0.0411. The minimum Gasteiger partial charge on any atom is -0.348 e. The Morgan fingerprint density at radius 2 is 2.00 bits per heavy atom. The number of pyridine rings is 1. The standard InChI is InChI=1S/C13H21N3O/c1-4-9(2)12(14)13(17)16-10(3)11-5-7-15-8-6-11/h5-10,12H,4,14H2,1-3H3,(H,16,17)/t9-,10?,12-/m0/s1. The molecular formula is C13H21N3O. The van der Waals surface area contributed by atoms with Gasteiger partial charge in [0.2, 0.25) is 5.91 Å². The summed E-state index contributed by atoms with van der Waals surface area (Å²) in [5.74, 6) is 0.100. The normalized spacial score (nSPS) is 16.0. The van der Waals surface area contributed by atoms with E-state index in [9.17, 15) is 4.79 Å². The fraction of sp³-hybridized carbons (Fsp3) is 0.538. The summed E-state index contributed by atoms with van der Waals surface area (Å²) in [6.07, 6.45) is 4.33. The van der Waals surface area contributed by atoms with Crippen molar-refractivity contribution >= 4 is 5.91 Å². The molecule has 0 saturated carbocycles. The number of carbonyl (C=O) groups excluding carboxylic acids is 1. The van der Waals surface area contributed by atoms with Gasteiger partial charge >= 0.3 is 0 Å². The monoisotopic (exact) mass is 235 g/mol. The highest BCUT2D eigenvalue weighted by atomic mass is 16.2. The van der Waals surface area contributed by atoms with Gasteiger partial charge in [0.05, 0.1) is 12.1 Å². The van der Waals surface area contributed by atoms with E-state index in [1.807, 2.05) is 32.9 Å². The zero-order valence-electron chi connectivity index (χ0n) is 10.7. The van der Waals surface area contributed by atoms with Crippen molar-refractivity contribution in [2.75, 3.05) is 0 Å². The molecule has 0 aliphatic rings. The molecular weight excluding hydrogens is 214 g/mol. The van der Waals surface area contributed by atoms with Crippen LogP contribution in [0.5, 0.6) is 0 Å². The summed E-state index contributed by atoms with van der Waals surface area (Å²) in [5.41, 5.74) is 6.91. The Morgan fingerprint density at radius 1 is 1.41 bits per heavy atom. The van der Waals surface area contributed by atoms with Crippen LogP contribution >= 0.6 is 0 Å². The first-order valence-electron chi connectivity index (χ1n) is 6.02. The summed E-state index contributed by atoms with van der Waals surface area (Å²) in [4.78, 5) is 15.8. The van der Waals surface area contributed by atoms with Crippen LogP contribution < -0.4 is 11.1 Å². The fourth-order valence-corrected chi connectivity index (χ4v) is 1.56. The number of carbonyl (C=O) groups is 1. The third kappa shape index (κ3) is 3.82. The van der Waals surface area contributed by atoms with Crippen LogP contribution in [0.1, 0.15) is 38.8 Å². The Morgan fingerprint density at radius 3 is 2.53 bits per heavy atom. The molecule has 4 heteroatoms. The minimum atomic E-state index is -0.440. The summed E-state index contributed by atoms with van der Waals surface area (Å²) < 4.78 is 0. The molecule has 4 nitrogen and oxygen atoms in total. The van der Waals surface area contributed by atoms with Gasteiger partial charge in [-0.05, 0) is 30.5 Å². The first-order chi connectivity index (χ1) is 8.06. The molecule has 0 aliphatic heterocycles. The largest absolute Gasteiger partial charge is 0.348 e. The zero-order valence-corrected chi connectivity index (χ0v) is 10.7. The number of hydrogen-bond acceptors (Lipinski definition) is 3. The zero-order chi connectivity index (χ0) is 12.8. The molecule has 0 fully saturated rings. The van der Waals surface area contributed by atoms with Gasteiger partial charge in [0.1, 0.15) is 0 Å². The van der Waals surface area contributed by atoms with Gasteiger partial charge in [0, 0.05) is 12.4 Å². The SMILES string of the molecule is CC[C@H](C)[C@H](N)C(=O)NC(C)c1ccncc1. The van der Waals surface area contributed by atoms with Crippen molar-refractivity contribution < 1.29 is 4.79 Å². The van der Waals surface area contributed by atoms with Gasteiger partial charge in [-0.1, -0.05) is 20.3 Å². The summed E-state index contributed by atoms with van der Waals surface area (Å²) in [6.45, 7) is 5.96. The van der Waals surface area contributed by atoms with Gasteiger partial charge in [-0.2, -0.15) is 0 Å². The van der Waals surface area contributed by atoms with E-state index < -0.39 is 6.04 Å². The van der Waals surface area contributed by atoms with Gasteiger partial charge in [0.15, 0.2) is 0 Å². The van der Waals surface area contributed by atoms with Crippen LogP contribution in [0.2, 0.25) is 0 Å². The highest BCUT2D eigenvalue weighted by molar-refractivity contribution is 5.82. The molecule has 1 rings (SSSR count). The van der Waals surface area contributed by atoms with Crippen molar-refractivity contribution in [3.8, 4) is 0 Å². The molecule has 17 heavy (non-hydrogen) atoms. The number of rotatable bonds is 5. The lowest BCUT2D eigenvalue weighted by Gasteiger charge is -2.21. The molecule has 1 heterocycles. The quantitative estimate of drug-likeness (QED) is 0.815. The number of amides is 1. The van der Waals surface area contributed by atoms with Crippen molar-refractivity contribution in [3.05, 3.63) is 30.1 Å². The smallest absolute Gasteiger partial charge is 0.237 e. The van der Waals surface area contributed by atoms with Gasteiger partial charge in [-0.3, -0.25) is 9.78 Å². The molecule has 3 N–H and O–H groups in total. The Hall–Kier alpha value is -1.42. The third-order valence-electron chi connectivity index (χ3n) is 3.12. The number of nitrogens with one attached hydrogen (secondary N) is 1. The topological polar surface area (TPSA) is 68.0 Å². The van der Waals surface area contributed by atoms with Crippen molar-refractivity contribution in [1.82, 2.24) is 10.3 Å². The average molecular weight is 235 g/mol. The first-order valence-corrected chi connectivity index (χ1v) is 6.02. The van der Waals surface area contributed by atoms with E-state index >= 15 is 0 Å². The lowest BCUT2D eigenvalue weighted by atomic mass is 9.99. The second-order valence-corrected chi connectivity index (χ2v) is 4.42. The Kier molecular flexibility index (Phi) is 5.10. The molecule has 1 aromatic rings. The van der Waals surface area contributed by atoms with E-state index in [0.717, 1.165) is 12.0 Å². The molecule has 0 radical (unpaired) electrons. The highest BCUT2D eigenvalue weighted by Gasteiger charge is 2.20. The van der Waals surface area contributed by atoms with Crippen LogP contribution in [0.4, 0.5) is 0 Å². The Bertz CT molecular complexity index is 353. The van der Waals surface area contributed by atoms with Crippen LogP contribution in [-0.2, 0) is 4.79 Å². The molecule has 1 amide bonds. The summed E-state index contributed by atoms with van der Waals surface area (Å²) in [5, 5.41) is 2.92. The van der Waals surface area contributed by atoms with E-state index in [4.69, 9.17) is 5.73 Å². The molecule has 3 atom stereocenters. The molecule has 0 spiro atoms. The molecule has 0 bridgehead atoms. The maximum absolute atomic E-state index is 11.9. The van der Waals surface area contributed by atoms with E-state index in [-0.39, 0.29) is 17.9 Å². The summed E-state index contributed by atoms with van der Waals surface area (Å²) >= 11 is 0. The maximum atomic E-state index is 11.9. The van der Waals surface area contributed by atoms with E-state index in [1.54, 1.807) is 12.4 Å². The molecule has 1 unspecified atom stereocenters. The number of aromatic nitrogens is 1.